The van der Waals surface area contributed by atoms with Gasteiger partial charge in [0.1, 0.15) is 11.9 Å². The number of nitrogens with one attached hydrogen (secondary N) is 1. The van der Waals surface area contributed by atoms with Crippen molar-refractivity contribution in [2.45, 2.75) is 51.7 Å². The van der Waals surface area contributed by atoms with E-state index in [1.165, 1.54) is 17.0 Å². The number of hydrogen-bond acceptors (Lipinski definition) is 2. The summed E-state index contributed by atoms with van der Waals surface area (Å²) in [6.07, 6.45) is 0.843. The molecule has 184 valence electrons. The highest BCUT2D eigenvalue weighted by Crippen LogP contribution is 2.23. The zero-order valence-electron chi connectivity index (χ0n) is 19.8. The quantitative estimate of drug-likeness (QED) is 0.315. The summed E-state index contributed by atoms with van der Waals surface area (Å²) in [6, 6.07) is 20.6. The van der Waals surface area contributed by atoms with Crippen molar-refractivity contribution in [3.05, 3.63) is 105 Å². The number of rotatable bonds is 10. The average molecular weight is 560 g/mol. The van der Waals surface area contributed by atoms with E-state index in [0.29, 0.717) is 6.42 Å². The first-order valence-corrected chi connectivity index (χ1v) is 12.8. The Morgan fingerprint density at radius 3 is 2.31 bits per heavy atom. The maximum Gasteiger partial charge on any atom is 0.243 e. The molecule has 0 aliphatic rings. The predicted octanol–water partition coefficient (Wildman–Crippen LogP) is 6.34. The standard InChI is InChI=1S/C28H29BrClFN2O2/c1-3-19(2)32-28(35)26(16-20-8-5-4-6-9-20)33(18-21-12-14-22(29)15-13-21)27(34)17-23-24(30)10-7-11-25(23)31/h4-15,19,26H,3,16-18H2,1-2H3,(H,32,35)/t19-,26-/m1/s1. The molecule has 3 rings (SSSR count). The second-order valence-corrected chi connectivity index (χ2v) is 9.87. The van der Waals surface area contributed by atoms with Crippen molar-refractivity contribution in [2.24, 2.45) is 0 Å². The van der Waals surface area contributed by atoms with Crippen LogP contribution < -0.4 is 5.32 Å². The molecular weight excluding hydrogens is 531 g/mol. The number of carbonyl (C=O) groups excluding carboxylic acids is 2. The van der Waals surface area contributed by atoms with Crippen LogP contribution in [0.5, 0.6) is 0 Å². The van der Waals surface area contributed by atoms with Crippen LogP contribution in [0.15, 0.2) is 77.3 Å². The van der Waals surface area contributed by atoms with Crippen LogP contribution in [0.4, 0.5) is 4.39 Å². The van der Waals surface area contributed by atoms with Crippen molar-refractivity contribution >= 4 is 39.3 Å². The third-order valence-corrected chi connectivity index (χ3v) is 6.81. The number of halogens is 3. The van der Waals surface area contributed by atoms with Crippen molar-refractivity contribution in [3.63, 3.8) is 0 Å². The smallest absolute Gasteiger partial charge is 0.243 e. The molecule has 0 aromatic heterocycles. The monoisotopic (exact) mass is 558 g/mol. The van der Waals surface area contributed by atoms with Gasteiger partial charge in [0.2, 0.25) is 11.8 Å². The topological polar surface area (TPSA) is 49.4 Å². The number of benzene rings is 3. The van der Waals surface area contributed by atoms with E-state index in [9.17, 15) is 14.0 Å². The third-order valence-electron chi connectivity index (χ3n) is 5.93. The van der Waals surface area contributed by atoms with Gasteiger partial charge in [-0.25, -0.2) is 4.39 Å². The second-order valence-electron chi connectivity index (χ2n) is 8.55. The summed E-state index contributed by atoms with van der Waals surface area (Å²) < 4.78 is 15.4. The molecular formula is C28H29BrClFN2O2. The molecule has 0 aliphatic carbocycles. The summed E-state index contributed by atoms with van der Waals surface area (Å²) in [6.45, 7) is 4.11. The molecule has 0 aliphatic heterocycles. The van der Waals surface area contributed by atoms with Gasteiger partial charge in [-0.15, -0.1) is 0 Å². The van der Waals surface area contributed by atoms with Crippen LogP contribution in [0.25, 0.3) is 0 Å². The maximum absolute atomic E-state index is 14.5. The third kappa shape index (κ3) is 7.64. The first-order valence-electron chi connectivity index (χ1n) is 11.6. The fourth-order valence-electron chi connectivity index (χ4n) is 3.74. The second kappa shape index (κ2) is 12.8. The first-order chi connectivity index (χ1) is 16.8. The lowest BCUT2D eigenvalue weighted by molar-refractivity contribution is -0.141. The summed E-state index contributed by atoms with van der Waals surface area (Å²) in [5, 5.41) is 3.21. The fraction of sp³-hybridized carbons (Fsp3) is 0.286. The van der Waals surface area contributed by atoms with E-state index >= 15 is 0 Å². The minimum atomic E-state index is -0.784. The Kier molecular flexibility index (Phi) is 9.87. The van der Waals surface area contributed by atoms with Gasteiger partial charge in [-0.3, -0.25) is 9.59 Å². The van der Waals surface area contributed by atoms with Gasteiger partial charge in [0.15, 0.2) is 0 Å². The summed E-state index contributed by atoms with van der Waals surface area (Å²) >= 11 is 9.65. The minimum Gasteiger partial charge on any atom is -0.352 e. The van der Waals surface area contributed by atoms with E-state index in [-0.39, 0.29) is 41.4 Å². The minimum absolute atomic E-state index is 0.0496. The lowest BCUT2D eigenvalue weighted by atomic mass is 10.0. The normalized spacial score (nSPS) is 12.6. The van der Waals surface area contributed by atoms with Crippen LogP contribution in [0.2, 0.25) is 5.02 Å². The molecule has 0 saturated carbocycles. The fourth-order valence-corrected chi connectivity index (χ4v) is 4.23. The lowest BCUT2D eigenvalue weighted by Crippen LogP contribution is -2.52. The highest BCUT2D eigenvalue weighted by Gasteiger charge is 2.31. The molecule has 0 unspecified atom stereocenters. The Morgan fingerprint density at radius 2 is 1.69 bits per heavy atom. The average Bonchev–Trinajstić information content (AvgIpc) is 2.85. The van der Waals surface area contributed by atoms with Gasteiger partial charge in [-0.1, -0.05) is 83.0 Å². The maximum atomic E-state index is 14.5. The molecule has 0 heterocycles. The molecule has 0 bridgehead atoms. The van der Waals surface area contributed by atoms with Crippen molar-refractivity contribution < 1.29 is 14.0 Å². The van der Waals surface area contributed by atoms with Crippen LogP contribution >= 0.6 is 27.5 Å². The van der Waals surface area contributed by atoms with E-state index < -0.39 is 11.9 Å². The Hall–Kier alpha value is -2.70. The Bertz CT molecular complexity index is 1120. The van der Waals surface area contributed by atoms with E-state index in [2.05, 4.69) is 21.2 Å². The molecule has 3 aromatic rings. The van der Waals surface area contributed by atoms with Gasteiger partial charge in [-0.05, 0) is 48.7 Å². The zero-order chi connectivity index (χ0) is 25.4. The molecule has 0 radical (unpaired) electrons. The molecule has 0 saturated heterocycles. The summed E-state index contributed by atoms with van der Waals surface area (Å²) in [5.41, 5.74) is 1.91. The van der Waals surface area contributed by atoms with Gasteiger partial charge < -0.3 is 10.2 Å². The largest absolute Gasteiger partial charge is 0.352 e. The Balaban J connectivity index is 2.00. The van der Waals surface area contributed by atoms with Crippen LogP contribution in [0.1, 0.15) is 37.0 Å². The molecule has 3 aromatic carbocycles. The van der Waals surface area contributed by atoms with Crippen LogP contribution in [0, 0.1) is 5.82 Å². The Labute approximate surface area is 219 Å². The van der Waals surface area contributed by atoms with Gasteiger partial charge in [-0.2, -0.15) is 0 Å². The number of carbonyl (C=O) groups is 2. The summed E-state index contributed by atoms with van der Waals surface area (Å²) in [5.74, 6) is -1.16. The van der Waals surface area contributed by atoms with Crippen LogP contribution in [0.3, 0.4) is 0 Å². The predicted molar refractivity (Wildman–Crippen MR) is 142 cm³/mol. The van der Waals surface area contributed by atoms with E-state index in [0.717, 1.165) is 22.0 Å². The van der Waals surface area contributed by atoms with Crippen LogP contribution in [-0.2, 0) is 29.0 Å². The molecule has 35 heavy (non-hydrogen) atoms. The molecule has 2 amide bonds. The number of amides is 2. The molecule has 4 nitrogen and oxygen atoms in total. The van der Waals surface area contributed by atoms with Crippen LogP contribution in [-0.4, -0.2) is 28.8 Å². The zero-order valence-corrected chi connectivity index (χ0v) is 22.2. The number of hydrogen-bond donors (Lipinski definition) is 1. The number of nitrogens with zero attached hydrogens (tertiary/aromatic N) is 1. The van der Waals surface area contributed by atoms with Gasteiger partial charge in [0.25, 0.3) is 0 Å². The first kappa shape index (κ1) is 26.9. The van der Waals surface area contributed by atoms with E-state index in [4.69, 9.17) is 11.6 Å². The molecule has 1 N–H and O–H groups in total. The summed E-state index contributed by atoms with van der Waals surface area (Å²) in [4.78, 5) is 28.7. The molecule has 7 heteroatoms. The van der Waals surface area contributed by atoms with E-state index in [1.54, 1.807) is 6.07 Å². The van der Waals surface area contributed by atoms with Gasteiger partial charge in [0.05, 0.1) is 6.42 Å². The summed E-state index contributed by atoms with van der Waals surface area (Å²) in [7, 11) is 0. The molecule has 2 atom stereocenters. The van der Waals surface area contributed by atoms with Crippen molar-refractivity contribution in [3.8, 4) is 0 Å². The SMILES string of the molecule is CC[C@@H](C)NC(=O)[C@@H](Cc1ccccc1)N(Cc1ccc(Br)cc1)C(=O)Cc1c(F)cccc1Cl. The van der Waals surface area contributed by atoms with Crippen molar-refractivity contribution in [2.75, 3.05) is 0 Å². The molecule has 0 fully saturated rings. The van der Waals surface area contributed by atoms with Crippen molar-refractivity contribution in [1.82, 2.24) is 10.2 Å². The molecule has 0 spiro atoms. The lowest BCUT2D eigenvalue weighted by Gasteiger charge is -2.32. The Morgan fingerprint density at radius 1 is 1.00 bits per heavy atom. The van der Waals surface area contributed by atoms with E-state index in [1.807, 2.05) is 68.4 Å². The highest BCUT2D eigenvalue weighted by molar-refractivity contribution is 9.10. The van der Waals surface area contributed by atoms with Crippen molar-refractivity contribution in [1.29, 1.82) is 0 Å². The van der Waals surface area contributed by atoms with Gasteiger partial charge in [0, 0.05) is 34.1 Å². The highest BCUT2D eigenvalue weighted by atomic mass is 79.9. The van der Waals surface area contributed by atoms with Gasteiger partial charge >= 0.3 is 0 Å².